The van der Waals surface area contributed by atoms with E-state index in [1.807, 2.05) is 0 Å². The molecular weight excluding hydrogens is 387 g/mol. The molecule has 0 saturated heterocycles. The van der Waals surface area contributed by atoms with E-state index in [0.717, 1.165) is 20.3 Å². The van der Waals surface area contributed by atoms with Crippen molar-refractivity contribution in [3.05, 3.63) is 57.9 Å². The fraction of sp³-hybridized carbons (Fsp3) is 0.429. The molecule has 29 heavy (non-hydrogen) atoms. The van der Waals surface area contributed by atoms with Crippen molar-refractivity contribution < 1.29 is 32.2 Å². The molecule has 0 saturated carbocycles. The van der Waals surface area contributed by atoms with E-state index in [1.54, 1.807) is 25.8 Å². The lowest BCUT2D eigenvalue weighted by atomic mass is 9.77. The average molecular weight is 411 g/mol. The lowest BCUT2D eigenvalue weighted by Gasteiger charge is -2.38. The predicted octanol–water partition coefficient (Wildman–Crippen LogP) is 4.41. The molecule has 158 valence electrons. The maximum absolute atomic E-state index is 13.8. The summed E-state index contributed by atoms with van der Waals surface area (Å²) in [6, 6.07) is 4.94. The van der Waals surface area contributed by atoms with E-state index in [4.69, 9.17) is 9.47 Å². The van der Waals surface area contributed by atoms with Crippen molar-refractivity contribution in [2.75, 3.05) is 21.3 Å². The maximum Gasteiger partial charge on any atom is 0.416 e. The SMILES string of the molecule is CCC1=C(C(=O)OC)C(c2ccccc2C(F)(F)F)C(C(=O)OC)=C(CC)N1C. The fourth-order valence-electron chi connectivity index (χ4n) is 3.87. The van der Waals surface area contributed by atoms with Gasteiger partial charge in [0.15, 0.2) is 0 Å². The molecule has 1 heterocycles. The zero-order chi connectivity index (χ0) is 21.9. The number of methoxy groups -OCH3 is 2. The van der Waals surface area contributed by atoms with E-state index in [-0.39, 0.29) is 16.7 Å². The zero-order valence-corrected chi connectivity index (χ0v) is 17.0. The zero-order valence-electron chi connectivity index (χ0n) is 17.0. The molecule has 0 fully saturated rings. The highest BCUT2D eigenvalue weighted by molar-refractivity contribution is 6.00. The molecule has 0 N–H and O–H groups in total. The van der Waals surface area contributed by atoms with Gasteiger partial charge in [0.05, 0.1) is 36.8 Å². The maximum atomic E-state index is 13.8. The van der Waals surface area contributed by atoms with E-state index >= 15 is 0 Å². The Labute approximate surface area is 167 Å². The Hall–Kier alpha value is -2.77. The third kappa shape index (κ3) is 4.02. The van der Waals surface area contributed by atoms with Gasteiger partial charge in [0, 0.05) is 18.4 Å². The largest absolute Gasteiger partial charge is 0.466 e. The van der Waals surface area contributed by atoms with Gasteiger partial charge < -0.3 is 14.4 Å². The number of carbonyl (C=O) groups is 2. The van der Waals surface area contributed by atoms with Crippen molar-refractivity contribution in [1.82, 2.24) is 4.90 Å². The predicted molar refractivity (Wildman–Crippen MR) is 101 cm³/mol. The molecule has 0 aromatic heterocycles. The second-order valence-electron chi connectivity index (χ2n) is 6.49. The van der Waals surface area contributed by atoms with Crippen molar-refractivity contribution in [3.8, 4) is 0 Å². The average Bonchev–Trinajstić information content (AvgIpc) is 2.70. The molecule has 2 rings (SSSR count). The number of halogens is 3. The summed E-state index contributed by atoms with van der Waals surface area (Å²) in [5, 5.41) is 0. The van der Waals surface area contributed by atoms with E-state index in [1.165, 1.54) is 18.2 Å². The van der Waals surface area contributed by atoms with Crippen LogP contribution < -0.4 is 0 Å². The first-order chi connectivity index (χ1) is 13.6. The normalized spacial score (nSPS) is 15.7. The molecule has 1 aromatic carbocycles. The number of rotatable bonds is 5. The van der Waals surface area contributed by atoms with Gasteiger partial charge in [0.25, 0.3) is 0 Å². The van der Waals surface area contributed by atoms with Crippen molar-refractivity contribution in [3.63, 3.8) is 0 Å². The molecule has 0 spiro atoms. The van der Waals surface area contributed by atoms with Gasteiger partial charge in [-0.1, -0.05) is 32.0 Å². The lowest BCUT2D eigenvalue weighted by molar-refractivity contribution is -0.140. The highest BCUT2D eigenvalue weighted by atomic mass is 19.4. The Balaban J connectivity index is 2.98. The highest BCUT2D eigenvalue weighted by Crippen LogP contribution is 2.47. The van der Waals surface area contributed by atoms with Crippen LogP contribution in [0.3, 0.4) is 0 Å². The number of alkyl halides is 3. The molecule has 1 aliphatic heterocycles. The first kappa shape index (κ1) is 22.5. The van der Waals surface area contributed by atoms with E-state index in [2.05, 4.69) is 0 Å². The summed E-state index contributed by atoms with van der Waals surface area (Å²) >= 11 is 0. The van der Waals surface area contributed by atoms with Gasteiger partial charge in [0.1, 0.15) is 0 Å². The van der Waals surface area contributed by atoms with Gasteiger partial charge in [-0.15, -0.1) is 0 Å². The van der Waals surface area contributed by atoms with Crippen molar-refractivity contribution in [2.24, 2.45) is 0 Å². The Kier molecular flexibility index (Phi) is 6.77. The van der Waals surface area contributed by atoms with Gasteiger partial charge in [0.2, 0.25) is 0 Å². The van der Waals surface area contributed by atoms with Crippen LogP contribution in [0, 0.1) is 0 Å². The molecular formula is C21H24F3NO4. The molecule has 0 bridgehead atoms. The van der Waals surface area contributed by atoms with Crippen molar-refractivity contribution in [1.29, 1.82) is 0 Å². The fourth-order valence-corrected chi connectivity index (χ4v) is 3.87. The van der Waals surface area contributed by atoms with Crippen molar-refractivity contribution >= 4 is 11.9 Å². The Morgan fingerprint density at radius 3 is 1.79 bits per heavy atom. The van der Waals surface area contributed by atoms with Crippen LogP contribution in [0.25, 0.3) is 0 Å². The third-order valence-corrected chi connectivity index (χ3v) is 5.07. The molecule has 0 atom stereocenters. The molecule has 1 aromatic rings. The smallest absolute Gasteiger partial charge is 0.416 e. The van der Waals surface area contributed by atoms with Gasteiger partial charge >= 0.3 is 18.1 Å². The number of esters is 2. The minimum Gasteiger partial charge on any atom is -0.466 e. The summed E-state index contributed by atoms with van der Waals surface area (Å²) in [5.74, 6) is -2.83. The summed E-state index contributed by atoms with van der Waals surface area (Å²) < 4.78 is 51.1. The minimum atomic E-state index is -4.67. The molecule has 8 heteroatoms. The van der Waals surface area contributed by atoms with Gasteiger partial charge in [-0.2, -0.15) is 13.2 Å². The standard InChI is InChI=1S/C21H24F3NO4/c1-6-14-17(19(26)28-4)16(12-10-8-9-11-13(12)21(22,23)24)18(20(27)29-5)15(7-2)25(14)3/h8-11,16H,6-7H2,1-5H3. The third-order valence-electron chi connectivity index (χ3n) is 5.07. The second kappa shape index (κ2) is 8.71. The van der Waals surface area contributed by atoms with Crippen LogP contribution in [-0.2, 0) is 25.2 Å². The Bertz CT molecular complexity index is 829. The topological polar surface area (TPSA) is 55.8 Å². The summed E-state index contributed by atoms with van der Waals surface area (Å²) in [6.45, 7) is 3.58. The molecule has 0 unspecified atom stereocenters. The number of hydrogen-bond acceptors (Lipinski definition) is 5. The number of benzene rings is 1. The summed E-state index contributed by atoms with van der Waals surface area (Å²) in [4.78, 5) is 27.1. The first-order valence-electron chi connectivity index (χ1n) is 9.16. The second-order valence-corrected chi connectivity index (χ2v) is 6.49. The molecule has 0 amide bonds. The Morgan fingerprint density at radius 1 is 0.966 bits per heavy atom. The summed E-state index contributed by atoms with van der Waals surface area (Å²) in [6.07, 6.45) is -3.94. The number of ether oxygens (including phenoxy) is 2. The lowest BCUT2D eigenvalue weighted by Crippen LogP contribution is -2.35. The Morgan fingerprint density at radius 2 is 1.41 bits per heavy atom. The monoisotopic (exact) mass is 411 g/mol. The van der Waals surface area contributed by atoms with E-state index in [9.17, 15) is 22.8 Å². The van der Waals surface area contributed by atoms with Crippen molar-refractivity contribution in [2.45, 2.75) is 38.8 Å². The first-order valence-corrected chi connectivity index (χ1v) is 9.16. The minimum absolute atomic E-state index is 0.00630. The summed E-state index contributed by atoms with van der Waals surface area (Å²) in [7, 11) is 3.99. The number of hydrogen-bond donors (Lipinski definition) is 0. The van der Waals surface area contributed by atoms with Crippen LogP contribution in [0.2, 0.25) is 0 Å². The van der Waals surface area contributed by atoms with Crippen LogP contribution in [0.1, 0.15) is 43.7 Å². The van der Waals surface area contributed by atoms with Crippen LogP contribution >= 0.6 is 0 Å². The van der Waals surface area contributed by atoms with Gasteiger partial charge in [-0.25, -0.2) is 9.59 Å². The van der Waals surface area contributed by atoms with Crippen LogP contribution in [0.5, 0.6) is 0 Å². The number of nitrogens with zero attached hydrogens (tertiary/aromatic N) is 1. The molecule has 0 aliphatic carbocycles. The van der Waals surface area contributed by atoms with Crippen LogP contribution in [0.4, 0.5) is 13.2 Å². The van der Waals surface area contributed by atoms with Crippen LogP contribution in [-0.4, -0.2) is 38.1 Å². The highest BCUT2D eigenvalue weighted by Gasteiger charge is 2.44. The summed E-state index contributed by atoms with van der Waals surface area (Å²) in [5.41, 5.74) is -0.0840. The van der Waals surface area contributed by atoms with E-state index in [0.29, 0.717) is 24.2 Å². The van der Waals surface area contributed by atoms with Gasteiger partial charge in [-0.3, -0.25) is 0 Å². The molecule has 1 aliphatic rings. The number of allylic oxidation sites excluding steroid dienone is 2. The van der Waals surface area contributed by atoms with E-state index < -0.39 is 29.6 Å². The van der Waals surface area contributed by atoms with Crippen LogP contribution in [0.15, 0.2) is 46.8 Å². The molecule has 0 radical (unpaired) electrons. The quantitative estimate of drug-likeness (QED) is 0.672. The van der Waals surface area contributed by atoms with Gasteiger partial charge in [-0.05, 0) is 24.5 Å². The number of carbonyl (C=O) groups excluding carboxylic acids is 2. The molecule has 5 nitrogen and oxygen atoms in total.